The molecule has 0 radical (unpaired) electrons. The predicted molar refractivity (Wildman–Crippen MR) is 82.3 cm³/mol. The molecule has 1 aromatic rings. The molecule has 0 aromatic carbocycles. The fraction of sp³-hybridized carbons (Fsp3) is 0.692. The van der Waals surface area contributed by atoms with Crippen molar-refractivity contribution < 1.29 is 0 Å². The maximum Gasteiger partial charge on any atom is 0.266 e. The Balaban J connectivity index is 2.35. The lowest BCUT2D eigenvalue weighted by molar-refractivity contribution is 0.726. The van der Waals surface area contributed by atoms with Gasteiger partial charge < -0.3 is 4.90 Å². The highest BCUT2D eigenvalue weighted by molar-refractivity contribution is 14.1. The molecule has 1 aliphatic heterocycles. The second-order valence-corrected chi connectivity index (χ2v) is 6.22. The molecule has 0 aliphatic carbocycles. The highest BCUT2D eigenvalue weighted by Gasteiger charge is 2.17. The van der Waals surface area contributed by atoms with Crippen molar-refractivity contribution in [2.75, 3.05) is 18.0 Å². The van der Waals surface area contributed by atoms with Gasteiger partial charge in [-0.15, -0.1) is 0 Å². The SMILES string of the molecule is CC(C)c1nc(N2CCCCCC2)[nH]c(=O)c1I. The second-order valence-electron chi connectivity index (χ2n) is 5.14. The van der Waals surface area contributed by atoms with Gasteiger partial charge in [0.15, 0.2) is 0 Å². The maximum absolute atomic E-state index is 12.0. The summed E-state index contributed by atoms with van der Waals surface area (Å²) < 4.78 is 0.723. The fourth-order valence-corrected chi connectivity index (χ4v) is 3.16. The van der Waals surface area contributed by atoms with Crippen LogP contribution in [-0.2, 0) is 0 Å². The average Bonchev–Trinajstić information content (AvgIpc) is 2.60. The Kier molecular flexibility index (Phi) is 4.64. The normalized spacial score (nSPS) is 17.0. The highest BCUT2D eigenvalue weighted by Crippen LogP contribution is 2.20. The van der Waals surface area contributed by atoms with Gasteiger partial charge in [0.1, 0.15) is 3.57 Å². The Morgan fingerprint density at radius 2 is 1.83 bits per heavy atom. The maximum atomic E-state index is 12.0. The molecule has 0 amide bonds. The molecule has 18 heavy (non-hydrogen) atoms. The molecule has 1 aromatic heterocycles. The number of halogens is 1. The molecule has 5 heteroatoms. The number of rotatable bonds is 2. The summed E-state index contributed by atoms with van der Waals surface area (Å²) in [5.41, 5.74) is 0.909. The van der Waals surface area contributed by atoms with Crippen LogP contribution < -0.4 is 10.5 Å². The number of H-pyrrole nitrogens is 1. The summed E-state index contributed by atoms with van der Waals surface area (Å²) in [4.78, 5) is 21.8. The third-order valence-electron chi connectivity index (χ3n) is 3.33. The second kappa shape index (κ2) is 6.04. The zero-order valence-electron chi connectivity index (χ0n) is 11.0. The Labute approximate surface area is 121 Å². The number of aromatic amines is 1. The van der Waals surface area contributed by atoms with Gasteiger partial charge in [0, 0.05) is 13.1 Å². The molecular weight excluding hydrogens is 341 g/mol. The summed E-state index contributed by atoms with van der Waals surface area (Å²) in [6.07, 6.45) is 4.93. The Bertz CT molecular complexity index is 462. The van der Waals surface area contributed by atoms with Crippen molar-refractivity contribution in [1.29, 1.82) is 0 Å². The molecule has 0 atom stereocenters. The summed E-state index contributed by atoms with van der Waals surface area (Å²) in [6.45, 7) is 6.16. The lowest BCUT2D eigenvalue weighted by Gasteiger charge is -2.22. The smallest absolute Gasteiger partial charge is 0.266 e. The Morgan fingerprint density at radius 3 is 2.39 bits per heavy atom. The van der Waals surface area contributed by atoms with Gasteiger partial charge in [-0.1, -0.05) is 26.7 Å². The van der Waals surface area contributed by atoms with E-state index in [1.54, 1.807) is 0 Å². The third kappa shape index (κ3) is 3.05. The van der Waals surface area contributed by atoms with Gasteiger partial charge in [-0.05, 0) is 41.4 Å². The minimum Gasteiger partial charge on any atom is -0.342 e. The van der Waals surface area contributed by atoms with E-state index >= 15 is 0 Å². The zero-order valence-corrected chi connectivity index (χ0v) is 13.2. The standard InChI is InChI=1S/C13H20IN3O/c1-9(2)11-10(14)12(18)16-13(15-11)17-7-5-3-4-6-8-17/h9H,3-8H2,1-2H3,(H,15,16,18). The first-order chi connectivity index (χ1) is 8.59. The first-order valence-electron chi connectivity index (χ1n) is 6.64. The largest absolute Gasteiger partial charge is 0.342 e. The molecular formula is C13H20IN3O. The van der Waals surface area contributed by atoms with E-state index in [-0.39, 0.29) is 11.5 Å². The van der Waals surface area contributed by atoms with Crippen LogP contribution in [0.25, 0.3) is 0 Å². The quantitative estimate of drug-likeness (QED) is 0.825. The van der Waals surface area contributed by atoms with Crippen molar-refractivity contribution in [2.24, 2.45) is 0 Å². The topological polar surface area (TPSA) is 49.0 Å². The van der Waals surface area contributed by atoms with Crippen molar-refractivity contribution in [2.45, 2.75) is 45.4 Å². The number of aromatic nitrogens is 2. The van der Waals surface area contributed by atoms with Crippen molar-refractivity contribution in [1.82, 2.24) is 9.97 Å². The number of anilines is 1. The zero-order chi connectivity index (χ0) is 13.1. The average molecular weight is 361 g/mol. The molecule has 0 spiro atoms. The van der Waals surface area contributed by atoms with E-state index in [9.17, 15) is 4.79 Å². The monoisotopic (exact) mass is 361 g/mol. The van der Waals surface area contributed by atoms with Crippen molar-refractivity contribution in [3.8, 4) is 0 Å². The van der Waals surface area contributed by atoms with E-state index in [1.807, 2.05) is 0 Å². The first-order valence-corrected chi connectivity index (χ1v) is 7.72. The van der Waals surface area contributed by atoms with E-state index in [4.69, 9.17) is 0 Å². The van der Waals surface area contributed by atoms with Crippen LogP contribution in [0.5, 0.6) is 0 Å². The minimum atomic E-state index is -0.00598. The predicted octanol–water partition coefficient (Wildman–Crippen LogP) is 2.88. The molecule has 0 saturated carbocycles. The number of nitrogens with zero attached hydrogens (tertiary/aromatic N) is 2. The van der Waals surface area contributed by atoms with E-state index < -0.39 is 0 Å². The molecule has 0 unspecified atom stereocenters. The van der Waals surface area contributed by atoms with Gasteiger partial charge in [-0.25, -0.2) is 4.98 Å². The molecule has 1 N–H and O–H groups in total. The van der Waals surface area contributed by atoms with Crippen LogP contribution in [0.15, 0.2) is 4.79 Å². The van der Waals surface area contributed by atoms with Gasteiger partial charge in [-0.2, -0.15) is 0 Å². The molecule has 1 saturated heterocycles. The van der Waals surface area contributed by atoms with Gasteiger partial charge in [0.05, 0.1) is 5.69 Å². The van der Waals surface area contributed by atoms with E-state index in [2.05, 4.69) is 51.3 Å². The number of nitrogens with one attached hydrogen (secondary N) is 1. The van der Waals surface area contributed by atoms with Crippen LogP contribution >= 0.6 is 22.6 Å². The van der Waals surface area contributed by atoms with Gasteiger partial charge >= 0.3 is 0 Å². The molecule has 2 rings (SSSR count). The lowest BCUT2D eigenvalue weighted by Crippen LogP contribution is -2.30. The summed E-state index contributed by atoms with van der Waals surface area (Å²) in [5.74, 6) is 1.04. The number of hydrogen-bond acceptors (Lipinski definition) is 3. The minimum absolute atomic E-state index is 0.00598. The van der Waals surface area contributed by atoms with E-state index in [1.165, 1.54) is 25.7 Å². The van der Waals surface area contributed by atoms with Gasteiger partial charge in [0.25, 0.3) is 5.56 Å². The summed E-state index contributed by atoms with van der Waals surface area (Å²) in [5, 5.41) is 0. The molecule has 4 nitrogen and oxygen atoms in total. The van der Waals surface area contributed by atoms with Crippen LogP contribution in [0.1, 0.15) is 51.1 Å². The van der Waals surface area contributed by atoms with E-state index in [0.717, 1.165) is 28.3 Å². The summed E-state index contributed by atoms with van der Waals surface area (Å²) >= 11 is 2.09. The molecule has 1 fully saturated rings. The number of hydrogen-bond donors (Lipinski definition) is 1. The Hall–Kier alpha value is -0.590. The van der Waals surface area contributed by atoms with Gasteiger partial charge in [-0.3, -0.25) is 9.78 Å². The van der Waals surface area contributed by atoms with Crippen LogP contribution in [0.4, 0.5) is 5.95 Å². The highest BCUT2D eigenvalue weighted by atomic mass is 127. The Morgan fingerprint density at radius 1 is 1.22 bits per heavy atom. The first kappa shape index (κ1) is 13.8. The van der Waals surface area contributed by atoms with Crippen LogP contribution in [-0.4, -0.2) is 23.1 Å². The van der Waals surface area contributed by atoms with Crippen molar-refractivity contribution in [3.63, 3.8) is 0 Å². The molecule has 2 heterocycles. The summed E-state index contributed by atoms with van der Waals surface area (Å²) in [6, 6.07) is 0. The molecule has 1 aliphatic rings. The van der Waals surface area contributed by atoms with E-state index in [0.29, 0.717) is 0 Å². The van der Waals surface area contributed by atoms with Crippen molar-refractivity contribution in [3.05, 3.63) is 19.6 Å². The third-order valence-corrected chi connectivity index (χ3v) is 4.37. The summed E-state index contributed by atoms with van der Waals surface area (Å²) in [7, 11) is 0. The van der Waals surface area contributed by atoms with Crippen molar-refractivity contribution >= 4 is 28.5 Å². The lowest BCUT2D eigenvalue weighted by atomic mass is 10.1. The van der Waals surface area contributed by atoms with Crippen LogP contribution in [0, 0.1) is 3.57 Å². The van der Waals surface area contributed by atoms with Crippen LogP contribution in [0.2, 0.25) is 0 Å². The molecule has 100 valence electrons. The van der Waals surface area contributed by atoms with Crippen LogP contribution in [0.3, 0.4) is 0 Å². The fourth-order valence-electron chi connectivity index (χ4n) is 2.28. The molecule has 0 bridgehead atoms. The van der Waals surface area contributed by atoms with Gasteiger partial charge in [0.2, 0.25) is 5.95 Å².